The van der Waals surface area contributed by atoms with E-state index in [1.807, 2.05) is 16.0 Å². The average molecular weight is 324 g/mol. The van der Waals surface area contributed by atoms with Gasteiger partial charge in [0.2, 0.25) is 5.91 Å². The molecule has 0 radical (unpaired) electrons. The van der Waals surface area contributed by atoms with Gasteiger partial charge >= 0.3 is 0 Å². The van der Waals surface area contributed by atoms with Crippen molar-refractivity contribution in [2.45, 2.75) is 32.1 Å². The van der Waals surface area contributed by atoms with Crippen LogP contribution in [-0.2, 0) is 4.79 Å². The molecule has 1 aliphatic carbocycles. The Balaban J connectivity index is 1.58. The van der Waals surface area contributed by atoms with Crippen molar-refractivity contribution in [1.29, 1.82) is 0 Å². The van der Waals surface area contributed by atoms with Gasteiger partial charge in [-0.25, -0.2) is 4.98 Å². The van der Waals surface area contributed by atoms with E-state index in [4.69, 9.17) is 11.6 Å². The zero-order chi connectivity index (χ0) is 14.7. The average Bonchev–Trinajstić information content (AvgIpc) is 3.05. The van der Waals surface area contributed by atoms with Crippen LogP contribution in [0.2, 0.25) is 5.15 Å². The van der Waals surface area contributed by atoms with Crippen molar-refractivity contribution in [2.75, 3.05) is 6.54 Å². The zero-order valence-electron chi connectivity index (χ0n) is 11.7. The van der Waals surface area contributed by atoms with E-state index in [-0.39, 0.29) is 5.91 Å². The second kappa shape index (κ2) is 6.62. The predicted molar refractivity (Wildman–Crippen MR) is 86.7 cm³/mol. The van der Waals surface area contributed by atoms with E-state index >= 15 is 0 Å². The largest absolute Gasteiger partial charge is 0.352 e. The Labute approximate surface area is 132 Å². The molecule has 1 saturated carbocycles. The summed E-state index contributed by atoms with van der Waals surface area (Å²) in [5.74, 6) is 0.569. The molecule has 6 heteroatoms. The summed E-state index contributed by atoms with van der Waals surface area (Å²) in [5, 5.41) is 5.35. The number of nitrogens with zero attached hydrogens (tertiary/aromatic N) is 2. The third-order valence-corrected chi connectivity index (χ3v) is 4.97. The maximum Gasteiger partial charge on any atom is 0.244 e. The van der Waals surface area contributed by atoms with Crippen LogP contribution in [0.25, 0.3) is 11.0 Å². The summed E-state index contributed by atoms with van der Waals surface area (Å²) in [6.07, 6.45) is 11.5. The molecule has 0 bridgehead atoms. The van der Waals surface area contributed by atoms with Gasteiger partial charge in [0.1, 0.15) is 0 Å². The molecule has 1 N–H and O–H groups in total. The van der Waals surface area contributed by atoms with Gasteiger partial charge < -0.3 is 5.32 Å². The number of rotatable bonds is 4. The third-order valence-electron chi connectivity index (χ3n) is 3.94. The first-order valence-corrected chi connectivity index (χ1v) is 8.57. The van der Waals surface area contributed by atoms with Crippen molar-refractivity contribution in [3.63, 3.8) is 0 Å². The number of halogens is 1. The van der Waals surface area contributed by atoms with Crippen LogP contribution >= 0.6 is 22.9 Å². The van der Waals surface area contributed by atoms with Gasteiger partial charge in [0.25, 0.3) is 0 Å². The molecule has 0 spiro atoms. The molecule has 2 aromatic rings. The fourth-order valence-corrected chi connectivity index (χ4v) is 3.78. The van der Waals surface area contributed by atoms with Gasteiger partial charge in [0, 0.05) is 24.2 Å². The van der Waals surface area contributed by atoms with Crippen molar-refractivity contribution < 1.29 is 4.79 Å². The first-order chi connectivity index (χ1) is 10.2. The standard InChI is InChI=1S/C15H18ClN3OS/c16-14-12(19-8-9-21-15(19)18-14)6-7-13(20)17-10-11-4-2-1-3-5-11/h6-9,11H,1-5,10H2,(H,17,20)/b7-6+. The molecule has 0 aromatic carbocycles. The molecule has 0 atom stereocenters. The summed E-state index contributed by atoms with van der Waals surface area (Å²) in [6.45, 7) is 0.775. The van der Waals surface area contributed by atoms with E-state index in [0.29, 0.717) is 11.1 Å². The molecular formula is C15H18ClN3OS. The lowest BCUT2D eigenvalue weighted by Gasteiger charge is -2.21. The summed E-state index contributed by atoms with van der Waals surface area (Å²) in [6, 6.07) is 0. The first-order valence-electron chi connectivity index (χ1n) is 7.31. The number of thiazole rings is 1. The van der Waals surface area contributed by atoms with E-state index in [1.165, 1.54) is 49.5 Å². The molecule has 1 fully saturated rings. The van der Waals surface area contributed by atoms with Crippen LogP contribution in [-0.4, -0.2) is 21.8 Å². The van der Waals surface area contributed by atoms with Gasteiger partial charge in [0.05, 0.1) is 5.69 Å². The topological polar surface area (TPSA) is 46.4 Å². The SMILES string of the molecule is O=C(/C=C/c1c(Cl)nc2sccn12)NCC1CCCCC1. The van der Waals surface area contributed by atoms with Crippen LogP contribution < -0.4 is 5.32 Å². The Morgan fingerprint density at radius 3 is 3.10 bits per heavy atom. The molecule has 1 amide bonds. The Hall–Kier alpha value is -1.33. The molecular weight excluding hydrogens is 306 g/mol. The Morgan fingerprint density at radius 2 is 2.29 bits per heavy atom. The third kappa shape index (κ3) is 3.47. The number of aromatic nitrogens is 2. The molecule has 1 aliphatic rings. The normalized spacial score (nSPS) is 16.8. The van der Waals surface area contributed by atoms with E-state index in [0.717, 1.165) is 17.2 Å². The van der Waals surface area contributed by atoms with Crippen LogP contribution in [0.5, 0.6) is 0 Å². The number of amides is 1. The molecule has 2 aromatic heterocycles. The highest BCUT2D eigenvalue weighted by Gasteiger charge is 2.14. The van der Waals surface area contributed by atoms with Gasteiger partial charge in [-0.1, -0.05) is 30.9 Å². The second-order valence-electron chi connectivity index (χ2n) is 5.43. The Morgan fingerprint density at radius 1 is 1.48 bits per heavy atom. The van der Waals surface area contributed by atoms with E-state index in [2.05, 4.69) is 10.3 Å². The van der Waals surface area contributed by atoms with E-state index in [9.17, 15) is 4.79 Å². The summed E-state index contributed by atoms with van der Waals surface area (Å²) in [5.41, 5.74) is 0.751. The highest BCUT2D eigenvalue weighted by atomic mass is 35.5. The quantitative estimate of drug-likeness (QED) is 0.871. The van der Waals surface area contributed by atoms with Crippen LogP contribution in [0.15, 0.2) is 17.7 Å². The van der Waals surface area contributed by atoms with Crippen molar-refractivity contribution in [1.82, 2.24) is 14.7 Å². The van der Waals surface area contributed by atoms with Gasteiger partial charge in [0.15, 0.2) is 10.1 Å². The van der Waals surface area contributed by atoms with Crippen LogP contribution in [0, 0.1) is 5.92 Å². The van der Waals surface area contributed by atoms with Gasteiger partial charge in [-0.15, -0.1) is 11.3 Å². The van der Waals surface area contributed by atoms with Crippen molar-refractivity contribution >= 4 is 39.9 Å². The van der Waals surface area contributed by atoms with Gasteiger partial charge in [-0.3, -0.25) is 9.20 Å². The maximum atomic E-state index is 11.9. The minimum absolute atomic E-state index is 0.0678. The molecule has 0 saturated heterocycles. The highest BCUT2D eigenvalue weighted by molar-refractivity contribution is 7.15. The minimum Gasteiger partial charge on any atom is -0.352 e. The molecule has 0 unspecified atom stereocenters. The highest BCUT2D eigenvalue weighted by Crippen LogP contribution is 2.23. The number of hydrogen-bond donors (Lipinski definition) is 1. The lowest BCUT2D eigenvalue weighted by molar-refractivity contribution is -0.116. The number of imidazole rings is 1. The fraction of sp³-hybridized carbons (Fsp3) is 0.467. The smallest absolute Gasteiger partial charge is 0.244 e. The number of carbonyl (C=O) groups excluding carboxylic acids is 1. The Kier molecular flexibility index (Phi) is 4.60. The van der Waals surface area contributed by atoms with Crippen LogP contribution in [0.4, 0.5) is 0 Å². The molecule has 2 heterocycles. The number of fused-ring (bicyclic) bond motifs is 1. The van der Waals surface area contributed by atoms with Crippen LogP contribution in [0.1, 0.15) is 37.8 Å². The fourth-order valence-electron chi connectivity index (χ4n) is 2.78. The number of carbonyl (C=O) groups is 1. The second-order valence-corrected chi connectivity index (χ2v) is 6.66. The minimum atomic E-state index is -0.0678. The summed E-state index contributed by atoms with van der Waals surface area (Å²) in [7, 11) is 0. The molecule has 3 rings (SSSR count). The lowest BCUT2D eigenvalue weighted by Crippen LogP contribution is -2.28. The van der Waals surface area contributed by atoms with Gasteiger partial charge in [-0.2, -0.15) is 0 Å². The Bertz CT molecular complexity index is 655. The zero-order valence-corrected chi connectivity index (χ0v) is 13.3. The molecule has 21 heavy (non-hydrogen) atoms. The predicted octanol–water partition coefficient (Wildman–Crippen LogP) is 3.76. The maximum absolute atomic E-state index is 11.9. The molecule has 4 nitrogen and oxygen atoms in total. The lowest BCUT2D eigenvalue weighted by atomic mass is 9.89. The van der Waals surface area contributed by atoms with E-state index in [1.54, 1.807) is 6.08 Å². The number of nitrogens with one attached hydrogen (secondary N) is 1. The van der Waals surface area contributed by atoms with Crippen molar-refractivity contribution in [3.8, 4) is 0 Å². The summed E-state index contributed by atoms with van der Waals surface area (Å²) < 4.78 is 1.89. The van der Waals surface area contributed by atoms with E-state index < -0.39 is 0 Å². The summed E-state index contributed by atoms with van der Waals surface area (Å²) in [4.78, 5) is 17.0. The van der Waals surface area contributed by atoms with Gasteiger partial charge in [-0.05, 0) is 24.8 Å². The summed E-state index contributed by atoms with van der Waals surface area (Å²) >= 11 is 7.60. The van der Waals surface area contributed by atoms with Crippen LogP contribution in [0.3, 0.4) is 0 Å². The molecule has 0 aliphatic heterocycles. The monoisotopic (exact) mass is 323 g/mol. The van der Waals surface area contributed by atoms with Crippen molar-refractivity contribution in [2.24, 2.45) is 5.92 Å². The number of hydrogen-bond acceptors (Lipinski definition) is 3. The van der Waals surface area contributed by atoms with Crippen molar-refractivity contribution in [3.05, 3.63) is 28.5 Å². The molecule has 112 valence electrons. The first kappa shape index (κ1) is 14.6.